The third-order valence-corrected chi connectivity index (χ3v) is 2.22. The summed E-state index contributed by atoms with van der Waals surface area (Å²) in [6, 6.07) is 0. The first kappa shape index (κ1) is 13.9. The monoisotopic (exact) mass is 204 g/mol. The maximum absolute atomic E-state index is 8.11. The van der Waals surface area contributed by atoms with E-state index in [1.807, 2.05) is 0 Å². The van der Waals surface area contributed by atoms with Crippen LogP contribution in [0, 0.1) is 0 Å². The van der Waals surface area contributed by atoms with Crippen LogP contribution in [0.25, 0.3) is 0 Å². The lowest BCUT2D eigenvalue weighted by Crippen LogP contribution is -2.15. The third-order valence-electron chi connectivity index (χ3n) is 2.22. The van der Waals surface area contributed by atoms with E-state index in [4.69, 9.17) is 14.9 Å². The Bertz CT molecular complexity index is 106. The van der Waals surface area contributed by atoms with E-state index in [9.17, 15) is 0 Å². The minimum absolute atomic E-state index is 0.139. The summed E-state index contributed by atoms with van der Waals surface area (Å²) in [6.45, 7) is 4.36. The molecule has 0 aliphatic heterocycles. The average molecular weight is 204 g/mol. The maximum atomic E-state index is 8.11. The summed E-state index contributed by atoms with van der Waals surface area (Å²) in [4.78, 5) is 0. The molecule has 0 spiro atoms. The Morgan fingerprint density at radius 1 is 1.29 bits per heavy atom. The van der Waals surface area contributed by atoms with E-state index in [0.29, 0.717) is 6.10 Å². The molecule has 0 bridgehead atoms. The van der Waals surface area contributed by atoms with Gasteiger partial charge < -0.3 is 14.9 Å². The molecule has 1 aliphatic rings. The van der Waals surface area contributed by atoms with Gasteiger partial charge in [-0.1, -0.05) is 19.3 Å². The second-order valence-electron chi connectivity index (χ2n) is 3.75. The van der Waals surface area contributed by atoms with Crippen molar-refractivity contribution in [3.8, 4) is 0 Å². The Hall–Kier alpha value is -0.120. The Morgan fingerprint density at radius 3 is 2.14 bits per heavy atom. The van der Waals surface area contributed by atoms with Gasteiger partial charge in [0.2, 0.25) is 0 Å². The molecule has 14 heavy (non-hydrogen) atoms. The Balaban J connectivity index is 0.000000292. The topological polar surface area (TPSA) is 49.7 Å². The molecule has 86 valence electrons. The largest absolute Gasteiger partial charge is 0.394 e. The molecule has 0 aromatic rings. The summed E-state index contributed by atoms with van der Waals surface area (Å²) < 4.78 is 5.48. The summed E-state index contributed by atoms with van der Waals surface area (Å²) in [5.41, 5.74) is 0. The van der Waals surface area contributed by atoms with Crippen molar-refractivity contribution in [2.24, 2.45) is 0 Å². The van der Waals surface area contributed by atoms with Crippen molar-refractivity contribution in [3.63, 3.8) is 0 Å². The van der Waals surface area contributed by atoms with E-state index in [0.717, 1.165) is 6.61 Å². The highest BCUT2D eigenvalue weighted by molar-refractivity contribution is 4.64. The van der Waals surface area contributed by atoms with E-state index >= 15 is 0 Å². The van der Waals surface area contributed by atoms with Crippen LogP contribution in [0.5, 0.6) is 0 Å². The third kappa shape index (κ3) is 8.48. The quantitative estimate of drug-likeness (QED) is 0.736. The van der Waals surface area contributed by atoms with Crippen molar-refractivity contribution in [1.82, 2.24) is 0 Å². The average Bonchev–Trinajstić information content (AvgIpc) is 2.21. The van der Waals surface area contributed by atoms with Crippen molar-refractivity contribution in [3.05, 3.63) is 0 Å². The molecule has 3 nitrogen and oxygen atoms in total. The molecule has 0 radical (unpaired) electrons. The van der Waals surface area contributed by atoms with E-state index in [1.165, 1.54) is 39.0 Å². The predicted molar refractivity (Wildman–Crippen MR) is 57.3 cm³/mol. The van der Waals surface area contributed by atoms with Gasteiger partial charge in [-0.3, -0.25) is 0 Å². The fourth-order valence-electron chi connectivity index (χ4n) is 1.47. The molecule has 0 amide bonds. The van der Waals surface area contributed by atoms with Gasteiger partial charge in [0.25, 0.3) is 0 Å². The molecular formula is C11H24O3. The highest BCUT2D eigenvalue weighted by Gasteiger charge is 2.11. The van der Waals surface area contributed by atoms with Crippen molar-refractivity contribution in [1.29, 1.82) is 0 Å². The molecule has 0 saturated heterocycles. The summed E-state index contributed by atoms with van der Waals surface area (Å²) in [6.07, 6.45) is 6.82. The molecule has 1 unspecified atom stereocenters. The Labute approximate surface area is 87.1 Å². The highest BCUT2D eigenvalue weighted by atomic mass is 16.5. The summed E-state index contributed by atoms with van der Waals surface area (Å²) >= 11 is 0. The molecule has 1 fully saturated rings. The summed E-state index contributed by atoms with van der Waals surface area (Å²) in [7, 11) is 0. The lowest BCUT2D eigenvalue weighted by Gasteiger charge is -2.20. The van der Waals surface area contributed by atoms with Crippen molar-refractivity contribution < 1.29 is 14.9 Å². The Kier molecular flexibility index (Phi) is 9.35. The van der Waals surface area contributed by atoms with Gasteiger partial charge in [-0.15, -0.1) is 0 Å². The van der Waals surface area contributed by atoms with E-state index in [2.05, 4.69) is 6.92 Å². The normalized spacial score (nSPS) is 19.7. The van der Waals surface area contributed by atoms with Crippen LogP contribution in [-0.2, 0) is 4.74 Å². The van der Waals surface area contributed by atoms with Crippen molar-refractivity contribution >= 4 is 0 Å². The SMILES string of the molecule is CC(O)CO.CCOC1CCCCC1. The Morgan fingerprint density at radius 2 is 1.79 bits per heavy atom. The van der Waals surface area contributed by atoms with Crippen LogP contribution in [0.1, 0.15) is 46.0 Å². The van der Waals surface area contributed by atoms with Crippen LogP contribution >= 0.6 is 0 Å². The van der Waals surface area contributed by atoms with Gasteiger partial charge in [0, 0.05) is 6.61 Å². The van der Waals surface area contributed by atoms with Crippen LogP contribution in [0.2, 0.25) is 0 Å². The fraction of sp³-hybridized carbons (Fsp3) is 1.00. The molecule has 0 aromatic heterocycles. The molecule has 1 aliphatic carbocycles. The molecule has 1 rings (SSSR count). The van der Waals surface area contributed by atoms with Crippen LogP contribution in [0.4, 0.5) is 0 Å². The van der Waals surface area contributed by atoms with Gasteiger partial charge in [-0.2, -0.15) is 0 Å². The first-order chi connectivity index (χ1) is 6.70. The van der Waals surface area contributed by atoms with Gasteiger partial charge in [-0.25, -0.2) is 0 Å². The van der Waals surface area contributed by atoms with Gasteiger partial charge in [-0.05, 0) is 26.7 Å². The fourth-order valence-corrected chi connectivity index (χ4v) is 1.47. The standard InChI is InChI=1S/C8H16O.C3H8O2/c1-2-9-8-6-4-3-5-7-8;1-3(5)2-4/h8H,2-7H2,1H3;3-5H,2H2,1H3. The van der Waals surface area contributed by atoms with Crippen molar-refractivity contribution in [2.45, 2.75) is 58.2 Å². The lowest BCUT2D eigenvalue weighted by atomic mass is 9.98. The van der Waals surface area contributed by atoms with E-state index in [-0.39, 0.29) is 6.61 Å². The van der Waals surface area contributed by atoms with Crippen LogP contribution in [0.3, 0.4) is 0 Å². The zero-order valence-corrected chi connectivity index (χ0v) is 9.41. The number of rotatable bonds is 3. The molecule has 1 atom stereocenters. The summed E-state index contributed by atoms with van der Waals surface area (Å²) in [5.74, 6) is 0. The zero-order chi connectivity index (χ0) is 10.8. The number of aliphatic hydroxyl groups excluding tert-OH is 2. The van der Waals surface area contributed by atoms with Crippen LogP contribution in [-0.4, -0.2) is 35.6 Å². The minimum Gasteiger partial charge on any atom is -0.394 e. The number of hydrogen-bond acceptors (Lipinski definition) is 3. The van der Waals surface area contributed by atoms with E-state index < -0.39 is 6.10 Å². The maximum Gasteiger partial charge on any atom is 0.0742 e. The van der Waals surface area contributed by atoms with Gasteiger partial charge >= 0.3 is 0 Å². The highest BCUT2D eigenvalue weighted by Crippen LogP contribution is 2.19. The number of ether oxygens (including phenoxy) is 1. The molecule has 0 aromatic carbocycles. The second kappa shape index (κ2) is 9.44. The van der Waals surface area contributed by atoms with Gasteiger partial charge in [0.1, 0.15) is 0 Å². The van der Waals surface area contributed by atoms with E-state index in [1.54, 1.807) is 0 Å². The molecule has 2 N–H and O–H groups in total. The molecule has 1 saturated carbocycles. The molecule has 3 heteroatoms. The first-order valence-electron chi connectivity index (χ1n) is 5.61. The summed E-state index contributed by atoms with van der Waals surface area (Å²) in [5, 5.41) is 16.0. The molecular weight excluding hydrogens is 180 g/mol. The lowest BCUT2D eigenvalue weighted by molar-refractivity contribution is 0.0368. The van der Waals surface area contributed by atoms with Crippen LogP contribution < -0.4 is 0 Å². The van der Waals surface area contributed by atoms with Gasteiger partial charge in [0.15, 0.2) is 0 Å². The zero-order valence-electron chi connectivity index (χ0n) is 9.41. The smallest absolute Gasteiger partial charge is 0.0742 e. The number of hydrogen-bond donors (Lipinski definition) is 2. The van der Waals surface area contributed by atoms with Gasteiger partial charge in [0.05, 0.1) is 18.8 Å². The number of aliphatic hydroxyl groups is 2. The minimum atomic E-state index is -0.560. The van der Waals surface area contributed by atoms with Crippen LogP contribution in [0.15, 0.2) is 0 Å². The predicted octanol–water partition coefficient (Wildman–Crippen LogP) is 1.72. The second-order valence-corrected chi connectivity index (χ2v) is 3.75. The molecule has 0 heterocycles. The first-order valence-corrected chi connectivity index (χ1v) is 5.61. The van der Waals surface area contributed by atoms with Crippen molar-refractivity contribution in [2.75, 3.05) is 13.2 Å².